The Labute approximate surface area is 116 Å². The summed E-state index contributed by atoms with van der Waals surface area (Å²) >= 11 is 3.28. The molecule has 1 atom stereocenters. The zero-order valence-electron chi connectivity index (χ0n) is 9.98. The van der Waals surface area contributed by atoms with Crippen molar-refractivity contribution in [1.29, 1.82) is 0 Å². The van der Waals surface area contributed by atoms with Gasteiger partial charge in [0.1, 0.15) is 0 Å². The Balaban J connectivity index is 1.95. The van der Waals surface area contributed by atoms with Crippen molar-refractivity contribution in [3.63, 3.8) is 0 Å². The lowest BCUT2D eigenvalue weighted by Gasteiger charge is -2.06. The van der Waals surface area contributed by atoms with Crippen molar-refractivity contribution in [2.45, 2.75) is 13.5 Å². The summed E-state index contributed by atoms with van der Waals surface area (Å²) in [7, 11) is 0. The first-order chi connectivity index (χ1) is 9.15. The molecule has 3 aromatic heterocycles. The largest absolute Gasteiger partial charge is 0.481 e. The summed E-state index contributed by atoms with van der Waals surface area (Å²) in [5.74, 6) is -0.751. The normalized spacial score (nSPS) is 12.9. The van der Waals surface area contributed by atoms with Crippen LogP contribution in [-0.4, -0.2) is 31.3 Å². The van der Waals surface area contributed by atoms with Crippen LogP contribution in [0.3, 0.4) is 0 Å². The fourth-order valence-electron chi connectivity index (χ4n) is 1.72. The summed E-state index contributed by atoms with van der Waals surface area (Å²) in [6, 6.07) is 4.10. The quantitative estimate of drug-likeness (QED) is 0.798. The molecule has 3 heterocycles. The van der Waals surface area contributed by atoms with E-state index in [-0.39, 0.29) is 6.54 Å². The Morgan fingerprint density at radius 3 is 3.11 bits per heavy atom. The van der Waals surface area contributed by atoms with Gasteiger partial charge in [0.05, 0.1) is 17.3 Å². The summed E-state index contributed by atoms with van der Waals surface area (Å²) in [4.78, 5) is 11.9. The van der Waals surface area contributed by atoms with Crippen LogP contribution in [-0.2, 0) is 11.3 Å². The van der Waals surface area contributed by atoms with Gasteiger partial charge in [0, 0.05) is 9.40 Å². The van der Waals surface area contributed by atoms with Gasteiger partial charge in [-0.3, -0.25) is 4.79 Å². The van der Waals surface area contributed by atoms with E-state index in [9.17, 15) is 4.79 Å². The lowest BCUT2D eigenvalue weighted by Crippen LogP contribution is -2.18. The van der Waals surface area contributed by atoms with Crippen LogP contribution in [0.15, 0.2) is 17.5 Å². The van der Waals surface area contributed by atoms with E-state index >= 15 is 0 Å². The molecule has 8 heteroatoms. The highest BCUT2D eigenvalue weighted by atomic mass is 32.1. The van der Waals surface area contributed by atoms with E-state index in [0.717, 1.165) is 4.88 Å². The third-order valence-electron chi connectivity index (χ3n) is 2.76. The zero-order valence-corrected chi connectivity index (χ0v) is 11.6. The van der Waals surface area contributed by atoms with Crippen molar-refractivity contribution in [3.05, 3.63) is 17.5 Å². The highest BCUT2D eigenvalue weighted by molar-refractivity contribution is 7.28. The van der Waals surface area contributed by atoms with Crippen molar-refractivity contribution in [2.75, 3.05) is 0 Å². The average molecular weight is 294 g/mol. The van der Waals surface area contributed by atoms with Gasteiger partial charge < -0.3 is 5.11 Å². The SMILES string of the molecule is CC(Cn1nnnc1-c1cc2sccc2s1)C(=O)O. The van der Waals surface area contributed by atoms with Crippen LogP contribution in [0.25, 0.3) is 20.1 Å². The number of carboxylic acids is 1. The minimum absolute atomic E-state index is 0.267. The van der Waals surface area contributed by atoms with E-state index < -0.39 is 11.9 Å². The van der Waals surface area contributed by atoms with Crippen molar-refractivity contribution in [2.24, 2.45) is 5.92 Å². The smallest absolute Gasteiger partial charge is 0.308 e. The maximum Gasteiger partial charge on any atom is 0.308 e. The number of nitrogens with zero attached hydrogens (tertiary/aromatic N) is 4. The van der Waals surface area contributed by atoms with Crippen LogP contribution in [0, 0.1) is 5.92 Å². The maximum atomic E-state index is 10.9. The molecule has 0 saturated carbocycles. The first kappa shape index (κ1) is 12.2. The number of hydrogen-bond acceptors (Lipinski definition) is 6. The van der Waals surface area contributed by atoms with Gasteiger partial charge in [-0.15, -0.1) is 27.8 Å². The highest BCUT2D eigenvalue weighted by Crippen LogP contribution is 2.35. The molecule has 19 heavy (non-hydrogen) atoms. The summed E-state index contributed by atoms with van der Waals surface area (Å²) in [5.41, 5.74) is 0. The number of carboxylic acid groups (broad SMARTS) is 1. The standard InChI is InChI=1S/C11H10N4O2S2/c1-6(11(16)17)5-15-10(12-13-14-15)9-4-8-7(19-9)2-3-18-8/h2-4,6H,5H2,1H3,(H,16,17). The van der Waals surface area contributed by atoms with Gasteiger partial charge >= 0.3 is 5.97 Å². The lowest BCUT2D eigenvalue weighted by molar-refractivity contribution is -0.141. The Morgan fingerprint density at radius 2 is 2.37 bits per heavy atom. The molecule has 0 aliphatic rings. The molecule has 3 rings (SSSR count). The number of rotatable bonds is 4. The first-order valence-corrected chi connectivity index (χ1v) is 7.31. The molecule has 98 valence electrons. The van der Waals surface area contributed by atoms with Crippen LogP contribution < -0.4 is 0 Å². The third kappa shape index (κ3) is 2.24. The van der Waals surface area contributed by atoms with Gasteiger partial charge in [-0.05, 0) is 27.9 Å². The molecule has 0 bridgehead atoms. The van der Waals surface area contributed by atoms with E-state index in [0.29, 0.717) is 5.82 Å². The van der Waals surface area contributed by atoms with Crippen LogP contribution in [0.1, 0.15) is 6.92 Å². The highest BCUT2D eigenvalue weighted by Gasteiger charge is 2.18. The summed E-state index contributed by atoms with van der Waals surface area (Å²) in [6.07, 6.45) is 0. The van der Waals surface area contributed by atoms with Gasteiger partial charge in [0.15, 0.2) is 5.82 Å². The monoisotopic (exact) mass is 294 g/mol. The van der Waals surface area contributed by atoms with Gasteiger partial charge in [-0.2, -0.15) is 0 Å². The van der Waals surface area contributed by atoms with Gasteiger partial charge in [-0.25, -0.2) is 4.68 Å². The Morgan fingerprint density at radius 1 is 1.53 bits per heavy atom. The van der Waals surface area contributed by atoms with Crippen LogP contribution >= 0.6 is 22.7 Å². The maximum absolute atomic E-state index is 10.9. The van der Waals surface area contributed by atoms with Gasteiger partial charge in [0.2, 0.25) is 0 Å². The predicted molar refractivity (Wildman–Crippen MR) is 73.3 cm³/mol. The van der Waals surface area contributed by atoms with E-state index in [2.05, 4.69) is 21.6 Å². The fraction of sp³-hybridized carbons (Fsp3) is 0.273. The Bertz CT molecular complexity index is 701. The molecule has 0 spiro atoms. The molecule has 0 aliphatic carbocycles. The molecule has 0 amide bonds. The number of aromatic nitrogens is 4. The summed E-state index contributed by atoms with van der Waals surface area (Å²) in [5, 5.41) is 22.5. The van der Waals surface area contributed by atoms with Crippen molar-refractivity contribution >= 4 is 38.0 Å². The van der Waals surface area contributed by atoms with Crippen LogP contribution in [0.2, 0.25) is 0 Å². The van der Waals surface area contributed by atoms with E-state index in [1.54, 1.807) is 34.3 Å². The van der Waals surface area contributed by atoms with Crippen molar-refractivity contribution < 1.29 is 9.90 Å². The van der Waals surface area contributed by atoms with Gasteiger partial charge in [0.25, 0.3) is 0 Å². The third-order valence-corrected chi connectivity index (χ3v) is 4.85. The second kappa shape index (κ2) is 4.71. The molecular formula is C11H10N4O2S2. The molecule has 1 unspecified atom stereocenters. The predicted octanol–water partition coefficient (Wildman–Crippen LogP) is 2.34. The molecule has 0 radical (unpaired) electrons. The number of hydrogen-bond donors (Lipinski definition) is 1. The molecule has 1 N–H and O–H groups in total. The summed E-state index contributed by atoms with van der Waals surface area (Å²) in [6.45, 7) is 1.91. The average Bonchev–Trinajstić information content (AvgIpc) is 3.00. The Hall–Kier alpha value is -1.80. The molecule has 0 fully saturated rings. The first-order valence-electron chi connectivity index (χ1n) is 5.61. The van der Waals surface area contributed by atoms with E-state index in [1.807, 2.05) is 11.4 Å². The van der Waals surface area contributed by atoms with Crippen molar-refractivity contribution in [3.8, 4) is 10.7 Å². The van der Waals surface area contributed by atoms with Gasteiger partial charge in [-0.1, -0.05) is 6.92 Å². The molecular weight excluding hydrogens is 284 g/mol. The second-order valence-corrected chi connectivity index (χ2v) is 6.22. The molecule has 0 aromatic carbocycles. The minimum Gasteiger partial charge on any atom is -0.481 e. The lowest BCUT2D eigenvalue weighted by atomic mass is 10.2. The van der Waals surface area contributed by atoms with E-state index in [4.69, 9.17) is 5.11 Å². The number of thiophene rings is 2. The second-order valence-electron chi connectivity index (χ2n) is 4.18. The van der Waals surface area contributed by atoms with E-state index in [1.165, 1.54) is 9.40 Å². The number of carbonyl (C=O) groups is 1. The summed E-state index contributed by atoms with van der Waals surface area (Å²) < 4.78 is 3.94. The van der Waals surface area contributed by atoms with Crippen LogP contribution in [0.4, 0.5) is 0 Å². The topological polar surface area (TPSA) is 80.9 Å². The molecule has 0 saturated heterocycles. The number of fused-ring (bicyclic) bond motifs is 1. The molecule has 0 aliphatic heterocycles. The van der Waals surface area contributed by atoms with Crippen molar-refractivity contribution in [1.82, 2.24) is 20.2 Å². The Kier molecular flexibility index (Phi) is 3.03. The number of tetrazole rings is 1. The fourth-order valence-corrected chi connectivity index (χ4v) is 3.82. The number of aliphatic carboxylic acids is 1. The molecule has 3 aromatic rings. The zero-order chi connectivity index (χ0) is 13.4. The molecule has 6 nitrogen and oxygen atoms in total. The minimum atomic E-state index is -0.853. The van der Waals surface area contributed by atoms with Crippen LogP contribution in [0.5, 0.6) is 0 Å².